The Hall–Kier alpha value is -1.46. The summed E-state index contributed by atoms with van der Waals surface area (Å²) in [6, 6.07) is 7.79. The smallest absolute Gasteiger partial charge is 0.234 e. The first-order valence-electron chi connectivity index (χ1n) is 6.87. The molecule has 0 unspecified atom stereocenters. The summed E-state index contributed by atoms with van der Waals surface area (Å²) in [6.45, 7) is 3.94. The molecule has 1 amide bonds. The van der Waals surface area contributed by atoms with Gasteiger partial charge in [-0.05, 0) is 25.1 Å². The minimum Gasteiger partial charge on any atom is -0.389 e. The molecular formula is C15H23N3OS. The number of nitrogens with zero attached hydrogens (tertiary/aromatic N) is 1. The van der Waals surface area contributed by atoms with E-state index in [-0.39, 0.29) is 5.91 Å². The second kappa shape index (κ2) is 8.66. The Morgan fingerprint density at radius 1 is 1.45 bits per heavy atom. The van der Waals surface area contributed by atoms with Crippen molar-refractivity contribution in [2.45, 2.75) is 26.3 Å². The van der Waals surface area contributed by atoms with Gasteiger partial charge in [-0.2, -0.15) is 0 Å². The summed E-state index contributed by atoms with van der Waals surface area (Å²) in [7, 11) is 1.92. The normalized spacial score (nSPS) is 10.6. The van der Waals surface area contributed by atoms with Crippen molar-refractivity contribution in [3.63, 3.8) is 0 Å². The van der Waals surface area contributed by atoms with E-state index in [0.29, 0.717) is 18.1 Å². The largest absolute Gasteiger partial charge is 0.389 e. The summed E-state index contributed by atoms with van der Waals surface area (Å²) in [5, 5.41) is 2.91. The van der Waals surface area contributed by atoms with Crippen molar-refractivity contribution in [2.75, 3.05) is 20.1 Å². The molecular weight excluding hydrogens is 270 g/mol. The monoisotopic (exact) mass is 293 g/mol. The number of nitrogens with two attached hydrogens (primary N) is 1. The van der Waals surface area contributed by atoms with Crippen molar-refractivity contribution in [3.05, 3.63) is 35.4 Å². The minimum atomic E-state index is 0.0615. The molecule has 110 valence electrons. The Labute approximate surface area is 126 Å². The van der Waals surface area contributed by atoms with Gasteiger partial charge in [0.15, 0.2) is 0 Å². The van der Waals surface area contributed by atoms with Crippen LogP contribution in [0.4, 0.5) is 0 Å². The number of amides is 1. The zero-order valence-electron chi connectivity index (χ0n) is 12.2. The van der Waals surface area contributed by atoms with Crippen molar-refractivity contribution in [2.24, 2.45) is 5.73 Å². The topological polar surface area (TPSA) is 58.4 Å². The van der Waals surface area contributed by atoms with Crippen LogP contribution in [0.3, 0.4) is 0 Å². The van der Waals surface area contributed by atoms with E-state index >= 15 is 0 Å². The number of carbonyl (C=O) groups is 1. The minimum absolute atomic E-state index is 0.0615. The lowest BCUT2D eigenvalue weighted by molar-refractivity contribution is -0.122. The number of carbonyl (C=O) groups excluding carboxylic acids is 1. The van der Waals surface area contributed by atoms with Gasteiger partial charge in [0, 0.05) is 18.7 Å². The first-order chi connectivity index (χ1) is 9.52. The van der Waals surface area contributed by atoms with E-state index < -0.39 is 0 Å². The predicted octanol–water partition coefficient (Wildman–Crippen LogP) is 1.67. The molecule has 5 heteroatoms. The Balaban J connectivity index is 2.45. The summed E-state index contributed by atoms with van der Waals surface area (Å²) in [5.74, 6) is 0.0615. The fraction of sp³-hybridized carbons (Fsp3) is 0.467. The van der Waals surface area contributed by atoms with Crippen LogP contribution in [0.15, 0.2) is 24.3 Å². The number of benzene rings is 1. The summed E-state index contributed by atoms with van der Waals surface area (Å²) in [4.78, 5) is 14.1. The van der Waals surface area contributed by atoms with Gasteiger partial charge in [-0.25, -0.2) is 0 Å². The highest BCUT2D eigenvalue weighted by Gasteiger charge is 2.07. The van der Waals surface area contributed by atoms with E-state index in [1.165, 1.54) is 0 Å². The lowest BCUT2D eigenvalue weighted by atomic mass is 10.1. The number of hydrogen-bond acceptors (Lipinski definition) is 3. The number of nitrogens with one attached hydrogen (secondary N) is 1. The Morgan fingerprint density at radius 2 is 2.20 bits per heavy atom. The highest BCUT2D eigenvalue weighted by Crippen LogP contribution is 2.07. The first kappa shape index (κ1) is 16.6. The molecule has 0 saturated heterocycles. The van der Waals surface area contributed by atoms with Crippen LogP contribution in [-0.2, 0) is 11.3 Å². The van der Waals surface area contributed by atoms with Gasteiger partial charge in [0.1, 0.15) is 4.99 Å². The van der Waals surface area contributed by atoms with E-state index in [1.54, 1.807) is 0 Å². The van der Waals surface area contributed by atoms with Gasteiger partial charge in [0.05, 0.1) is 6.54 Å². The molecule has 20 heavy (non-hydrogen) atoms. The van der Waals surface area contributed by atoms with Crippen LogP contribution < -0.4 is 11.1 Å². The van der Waals surface area contributed by atoms with Crippen LogP contribution >= 0.6 is 12.2 Å². The molecule has 1 rings (SSSR count). The van der Waals surface area contributed by atoms with Crippen molar-refractivity contribution in [1.82, 2.24) is 10.2 Å². The Kier molecular flexibility index (Phi) is 7.18. The highest BCUT2D eigenvalue weighted by atomic mass is 32.1. The van der Waals surface area contributed by atoms with Gasteiger partial charge in [-0.1, -0.05) is 43.8 Å². The number of thiocarbonyl (C=S) groups is 1. The first-order valence-corrected chi connectivity index (χ1v) is 7.27. The molecule has 4 nitrogen and oxygen atoms in total. The third-order valence-corrected chi connectivity index (χ3v) is 3.17. The molecule has 0 radical (unpaired) electrons. The summed E-state index contributed by atoms with van der Waals surface area (Å²) < 4.78 is 0. The second-order valence-corrected chi connectivity index (χ2v) is 5.38. The molecule has 0 atom stereocenters. The highest BCUT2D eigenvalue weighted by molar-refractivity contribution is 7.80. The Morgan fingerprint density at radius 3 is 2.85 bits per heavy atom. The summed E-state index contributed by atoms with van der Waals surface area (Å²) in [6.07, 6.45) is 2.10. The van der Waals surface area contributed by atoms with Crippen LogP contribution in [0, 0.1) is 0 Å². The fourth-order valence-corrected chi connectivity index (χ4v) is 2.02. The number of rotatable bonds is 8. The van der Waals surface area contributed by atoms with Crippen LogP contribution in [0.5, 0.6) is 0 Å². The van der Waals surface area contributed by atoms with Gasteiger partial charge in [0.2, 0.25) is 5.91 Å². The van der Waals surface area contributed by atoms with E-state index in [4.69, 9.17) is 18.0 Å². The third kappa shape index (κ3) is 6.12. The van der Waals surface area contributed by atoms with E-state index in [0.717, 1.165) is 30.5 Å². The SMILES string of the molecule is CCCCNC(=O)CN(C)Cc1cccc(C(N)=S)c1. The maximum atomic E-state index is 11.7. The molecule has 0 aliphatic carbocycles. The van der Waals surface area contributed by atoms with Crippen LogP contribution in [-0.4, -0.2) is 35.9 Å². The average Bonchev–Trinajstić information content (AvgIpc) is 2.39. The molecule has 0 aliphatic heterocycles. The van der Waals surface area contributed by atoms with Crippen molar-refractivity contribution >= 4 is 23.1 Å². The van der Waals surface area contributed by atoms with Crippen LogP contribution in [0.1, 0.15) is 30.9 Å². The molecule has 1 aromatic rings. The fourth-order valence-electron chi connectivity index (χ4n) is 1.90. The van der Waals surface area contributed by atoms with Crippen molar-refractivity contribution < 1.29 is 4.79 Å². The van der Waals surface area contributed by atoms with Gasteiger partial charge in [-0.3, -0.25) is 9.69 Å². The van der Waals surface area contributed by atoms with Gasteiger partial charge in [-0.15, -0.1) is 0 Å². The van der Waals surface area contributed by atoms with Crippen molar-refractivity contribution in [3.8, 4) is 0 Å². The van der Waals surface area contributed by atoms with E-state index in [1.807, 2.05) is 36.2 Å². The molecule has 0 saturated carbocycles. The Bertz CT molecular complexity index is 462. The molecule has 0 fully saturated rings. The van der Waals surface area contributed by atoms with Gasteiger partial charge < -0.3 is 11.1 Å². The molecule has 0 heterocycles. The molecule has 1 aromatic carbocycles. The zero-order valence-corrected chi connectivity index (χ0v) is 13.0. The zero-order chi connectivity index (χ0) is 15.0. The molecule has 0 bridgehead atoms. The van der Waals surface area contributed by atoms with Gasteiger partial charge in [0.25, 0.3) is 0 Å². The quantitative estimate of drug-likeness (QED) is 0.565. The van der Waals surface area contributed by atoms with Gasteiger partial charge >= 0.3 is 0 Å². The molecule has 3 N–H and O–H groups in total. The predicted molar refractivity (Wildman–Crippen MR) is 86.6 cm³/mol. The second-order valence-electron chi connectivity index (χ2n) is 4.94. The van der Waals surface area contributed by atoms with Crippen LogP contribution in [0.2, 0.25) is 0 Å². The summed E-state index contributed by atoms with van der Waals surface area (Å²) in [5.41, 5.74) is 7.57. The average molecular weight is 293 g/mol. The molecule has 0 aromatic heterocycles. The lowest BCUT2D eigenvalue weighted by Gasteiger charge is -2.16. The maximum absolute atomic E-state index is 11.7. The summed E-state index contributed by atoms with van der Waals surface area (Å²) >= 11 is 4.96. The standard InChI is InChI=1S/C15H23N3OS/c1-3-4-8-17-14(19)11-18(2)10-12-6-5-7-13(9-12)15(16)20/h5-7,9H,3-4,8,10-11H2,1-2H3,(H2,16,20)(H,17,19). The number of likely N-dealkylation sites (N-methyl/N-ethyl adjacent to an activating group) is 1. The van der Waals surface area contributed by atoms with E-state index in [2.05, 4.69) is 12.2 Å². The number of hydrogen-bond donors (Lipinski definition) is 2. The number of unbranched alkanes of at least 4 members (excludes halogenated alkanes) is 1. The molecule has 0 spiro atoms. The lowest BCUT2D eigenvalue weighted by Crippen LogP contribution is -2.35. The van der Waals surface area contributed by atoms with Crippen molar-refractivity contribution in [1.29, 1.82) is 0 Å². The van der Waals surface area contributed by atoms with E-state index in [9.17, 15) is 4.79 Å². The van der Waals surface area contributed by atoms with Crippen LogP contribution in [0.25, 0.3) is 0 Å². The third-order valence-electron chi connectivity index (χ3n) is 2.93. The molecule has 0 aliphatic rings. The maximum Gasteiger partial charge on any atom is 0.234 e.